The molecule has 0 saturated carbocycles. The molecule has 1 atom stereocenters. The van der Waals surface area contributed by atoms with Crippen LogP contribution in [0.3, 0.4) is 0 Å². The third-order valence-corrected chi connectivity index (χ3v) is 5.30. The maximum Gasteiger partial charge on any atom is 0.254 e. The predicted octanol–water partition coefficient (Wildman–Crippen LogP) is 6.01. The Kier molecular flexibility index (Phi) is 8.54. The average Bonchev–Trinajstić information content (AvgIpc) is 2.55. The second kappa shape index (κ2) is 10.0. The van der Waals surface area contributed by atoms with Gasteiger partial charge in [0.2, 0.25) is 3.79 Å². The molecule has 0 unspecified atom stereocenters. The van der Waals surface area contributed by atoms with Crippen molar-refractivity contribution in [2.75, 3.05) is 5.32 Å². The van der Waals surface area contributed by atoms with E-state index >= 15 is 0 Å². The second-order valence-electron chi connectivity index (χ2n) is 5.18. The van der Waals surface area contributed by atoms with Crippen LogP contribution in [0.25, 0.3) is 0 Å². The largest absolute Gasteiger partial charge is 0.339 e. The number of hydrogen-bond acceptors (Lipinski definition) is 2. The zero-order valence-electron chi connectivity index (χ0n) is 13.2. The summed E-state index contributed by atoms with van der Waals surface area (Å²) in [6, 6.07) is 11.9. The first-order valence-electron chi connectivity index (χ1n) is 7.22. The lowest BCUT2D eigenvalue weighted by molar-refractivity contribution is 0.0934. The lowest BCUT2D eigenvalue weighted by Gasteiger charge is -2.28. The Morgan fingerprint density at radius 2 is 1.67 bits per heavy atom. The SMILES string of the molecule is O=C(N[C@@H](NC(=S)Nc1ccc(I)cc1)C(Cl)(Cl)Cl)c1ccc(Cl)cc1Cl. The van der Waals surface area contributed by atoms with E-state index in [9.17, 15) is 4.79 Å². The summed E-state index contributed by atoms with van der Waals surface area (Å²) < 4.78 is -0.810. The number of carbonyl (C=O) groups excluding carboxylic acids is 1. The molecule has 0 aliphatic rings. The lowest BCUT2D eigenvalue weighted by atomic mass is 10.2. The summed E-state index contributed by atoms with van der Waals surface area (Å²) in [4.78, 5) is 12.5. The van der Waals surface area contributed by atoms with Crippen LogP contribution in [0.2, 0.25) is 10.0 Å². The van der Waals surface area contributed by atoms with Gasteiger partial charge in [-0.2, -0.15) is 0 Å². The molecule has 0 aliphatic carbocycles. The number of carbonyl (C=O) groups is 1. The molecule has 2 aromatic rings. The number of rotatable bonds is 4. The highest BCUT2D eigenvalue weighted by Crippen LogP contribution is 2.30. The van der Waals surface area contributed by atoms with Crippen molar-refractivity contribution < 1.29 is 4.79 Å². The molecular formula is C16H11Cl5IN3OS. The minimum atomic E-state index is -1.88. The van der Waals surface area contributed by atoms with E-state index in [2.05, 4.69) is 38.5 Å². The highest BCUT2D eigenvalue weighted by atomic mass is 127. The lowest BCUT2D eigenvalue weighted by Crippen LogP contribution is -2.56. The Morgan fingerprint density at radius 1 is 1.04 bits per heavy atom. The van der Waals surface area contributed by atoms with Crippen LogP contribution in [0.15, 0.2) is 42.5 Å². The van der Waals surface area contributed by atoms with E-state index in [-0.39, 0.29) is 15.7 Å². The van der Waals surface area contributed by atoms with E-state index in [4.69, 9.17) is 70.2 Å². The number of hydrogen-bond donors (Lipinski definition) is 3. The smallest absolute Gasteiger partial charge is 0.254 e. The van der Waals surface area contributed by atoms with Crippen molar-refractivity contribution in [2.24, 2.45) is 0 Å². The van der Waals surface area contributed by atoms with Gasteiger partial charge in [0.05, 0.1) is 10.6 Å². The van der Waals surface area contributed by atoms with Gasteiger partial charge in [-0.1, -0.05) is 58.0 Å². The Morgan fingerprint density at radius 3 is 2.22 bits per heavy atom. The van der Waals surface area contributed by atoms with Crippen molar-refractivity contribution in [1.29, 1.82) is 0 Å². The van der Waals surface area contributed by atoms with Crippen molar-refractivity contribution in [2.45, 2.75) is 9.96 Å². The highest BCUT2D eigenvalue weighted by molar-refractivity contribution is 14.1. The number of halogens is 6. The molecule has 4 nitrogen and oxygen atoms in total. The van der Waals surface area contributed by atoms with Gasteiger partial charge >= 0.3 is 0 Å². The van der Waals surface area contributed by atoms with E-state index in [1.54, 1.807) is 0 Å². The van der Waals surface area contributed by atoms with Crippen LogP contribution in [0.4, 0.5) is 5.69 Å². The van der Waals surface area contributed by atoms with Crippen LogP contribution in [0.1, 0.15) is 10.4 Å². The number of anilines is 1. The van der Waals surface area contributed by atoms with Gasteiger partial charge < -0.3 is 16.0 Å². The number of thiocarbonyl (C=S) groups is 1. The van der Waals surface area contributed by atoms with Crippen LogP contribution in [0.5, 0.6) is 0 Å². The number of benzene rings is 2. The number of amides is 1. The van der Waals surface area contributed by atoms with E-state index in [0.717, 1.165) is 9.26 Å². The fourth-order valence-corrected chi connectivity index (χ4v) is 3.33. The van der Waals surface area contributed by atoms with Crippen LogP contribution >= 0.6 is 92.8 Å². The minimum Gasteiger partial charge on any atom is -0.339 e. The highest BCUT2D eigenvalue weighted by Gasteiger charge is 2.35. The summed E-state index contributed by atoms with van der Waals surface area (Å²) in [6.07, 6.45) is -1.12. The molecular weight excluding hydrogens is 586 g/mol. The van der Waals surface area contributed by atoms with E-state index in [0.29, 0.717) is 5.02 Å². The Labute approximate surface area is 200 Å². The molecule has 0 bridgehead atoms. The van der Waals surface area contributed by atoms with Crippen molar-refractivity contribution in [3.8, 4) is 0 Å². The molecule has 2 aromatic carbocycles. The minimum absolute atomic E-state index is 0.162. The molecule has 0 spiro atoms. The normalized spacial score (nSPS) is 12.2. The van der Waals surface area contributed by atoms with Gasteiger partial charge in [0.15, 0.2) is 5.11 Å². The van der Waals surface area contributed by atoms with Gasteiger partial charge in [-0.25, -0.2) is 0 Å². The molecule has 3 N–H and O–H groups in total. The Hall–Kier alpha value is -0.220. The molecule has 0 aromatic heterocycles. The van der Waals surface area contributed by atoms with Crippen molar-refractivity contribution in [3.63, 3.8) is 0 Å². The molecule has 11 heteroatoms. The predicted molar refractivity (Wildman–Crippen MR) is 127 cm³/mol. The van der Waals surface area contributed by atoms with Gasteiger partial charge in [-0.3, -0.25) is 4.79 Å². The fraction of sp³-hybridized carbons (Fsp3) is 0.125. The zero-order valence-corrected chi connectivity index (χ0v) is 20.0. The maximum absolute atomic E-state index is 12.5. The molecule has 2 rings (SSSR count). The van der Waals surface area contributed by atoms with Crippen LogP contribution in [-0.4, -0.2) is 21.0 Å². The average molecular weight is 598 g/mol. The summed E-state index contributed by atoms with van der Waals surface area (Å²) in [7, 11) is 0. The standard InChI is InChI=1S/C16H11Cl5IN3OS/c17-8-1-6-11(12(18)7-8)13(26)24-14(16(19,20)21)25-15(27)23-10-4-2-9(22)3-5-10/h1-7,14H,(H,24,26)(H2,23,25,27)/t14-/m0/s1. The molecule has 0 saturated heterocycles. The summed E-state index contributed by atoms with van der Waals surface area (Å²) in [5.41, 5.74) is 0.918. The topological polar surface area (TPSA) is 53.2 Å². The molecule has 0 radical (unpaired) electrons. The summed E-state index contributed by atoms with van der Waals surface area (Å²) in [5.74, 6) is -0.558. The summed E-state index contributed by atoms with van der Waals surface area (Å²) in [5, 5.41) is 9.01. The van der Waals surface area contributed by atoms with Gasteiger partial charge in [0, 0.05) is 14.3 Å². The number of alkyl halides is 3. The van der Waals surface area contributed by atoms with Gasteiger partial charge in [0.25, 0.3) is 5.91 Å². The van der Waals surface area contributed by atoms with Crippen LogP contribution in [0, 0.1) is 3.57 Å². The third-order valence-electron chi connectivity index (χ3n) is 3.16. The maximum atomic E-state index is 12.5. The molecule has 0 heterocycles. The summed E-state index contributed by atoms with van der Waals surface area (Å²) in [6.45, 7) is 0. The van der Waals surface area contributed by atoms with Crippen molar-refractivity contribution in [1.82, 2.24) is 10.6 Å². The molecule has 27 heavy (non-hydrogen) atoms. The van der Waals surface area contributed by atoms with Crippen LogP contribution in [-0.2, 0) is 0 Å². The fourth-order valence-electron chi connectivity index (χ4n) is 1.91. The van der Waals surface area contributed by atoms with Gasteiger partial charge in [-0.05, 0) is 77.3 Å². The Bertz CT molecular complexity index is 845. The first-order chi connectivity index (χ1) is 12.6. The van der Waals surface area contributed by atoms with E-state index < -0.39 is 15.9 Å². The molecule has 0 fully saturated rings. The Balaban J connectivity index is 2.09. The molecule has 0 aliphatic heterocycles. The summed E-state index contributed by atoms with van der Waals surface area (Å²) >= 11 is 37.2. The number of nitrogens with one attached hydrogen (secondary N) is 3. The van der Waals surface area contributed by atoms with Gasteiger partial charge in [0.1, 0.15) is 6.17 Å². The molecule has 1 amide bonds. The quantitative estimate of drug-likeness (QED) is 0.175. The first-order valence-corrected chi connectivity index (χ1v) is 10.6. The van der Waals surface area contributed by atoms with E-state index in [1.165, 1.54) is 18.2 Å². The van der Waals surface area contributed by atoms with Crippen LogP contribution < -0.4 is 16.0 Å². The monoisotopic (exact) mass is 595 g/mol. The first kappa shape index (κ1) is 23.1. The van der Waals surface area contributed by atoms with Crippen molar-refractivity contribution >= 4 is 110 Å². The van der Waals surface area contributed by atoms with Crippen molar-refractivity contribution in [3.05, 3.63) is 61.6 Å². The molecule has 144 valence electrons. The second-order valence-corrected chi connectivity index (χ2v) is 10.0. The zero-order chi connectivity index (χ0) is 20.2. The van der Waals surface area contributed by atoms with E-state index in [1.807, 2.05) is 24.3 Å². The third kappa shape index (κ3) is 7.27. The van der Waals surface area contributed by atoms with Gasteiger partial charge in [-0.15, -0.1) is 0 Å².